The summed E-state index contributed by atoms with van der Waals surface area (Å²) < 4.78 is 2.64. The van der Waals surface area contributed by atoms with E-state index in [0.717, 1.165) is 0 Å². The summed E-state index contributed by atoms with van der Waals surface area (Å²) in [5.41, 5.74) is 7.77. The maximum Gasteiger partial charge on any atom is 0.213 e. The number of hydrogen-bond acceptors (Lipinski definition) is 2. The number of nitrogens with zero attached hydrogens (tertiary/aromatic N) is 2. The SMILES string of the molecule is N#C[S-].c1ccc(-c2cc(-c3ccccc3)[n+](C3CCCCC3)c(-c3ccccc3)c2)cc1. The van der Waals surface area contributed by atoms with Gasteiger partial charge in [0.1, 0.15) is 0 Å². The highest BCUT2D eigenvalue weighted by molar-refractivity contribution is 7.64. The van der Waals surface area contributed by atoms with Gasteiger partial charge in [0.25, 0.3) is 0 Å². The molecule has 2 nitrogen and oxygen atoms in total. The third-order valence-corrected chi connectivity index (χ3v) is 6.29. The summed E-state index contributed by atoms with van der Waals surface area (Å²) in [5, 5.41) is 8.47. The van der Waals surface area contributed by atoms with Crippen molar-refractivity contribution in [3.63, 3.8) is 0 Å². The molecule has 0 aliphatic heterocycles. The average molecular weight is 449 g/mol. The number of rotatable bonds is 4. The summed E-state index contributed by atoms with van der Waals surface area (Å²) >= 11 is 3.70. The molecule has 1 aliphatic carbocycles. The summed E-state index contributed by atoms with van der Waals surface area (Å²) in [6, 6.07) is 37.9. The van der Waals surface area contributed by atoms with Gasteiger partial charge in [0.2, 0.25) is 11.4 Å². The van der Waals surface area contributed by atoms with E-state index in [1.165, 1.54) is 71.1 Å². The van der Waals surface area contributed by atoms with E-state index in [1.54, 1.807) is 0 Å². The number of hydrogen-bond donors (Lipinski definition) is 0. The van der Waals surface area contributed by atoms with Crippen LogP contribution in [0.2, 0.25) is 0 Å². The standard InChI is InChI=1S/C29H28N.CHNS/c1-5-13-23(14-6-1)26-21-28(24-15-7-2-8-16-24)30(27-19-11-4-12-20-27)29(22-26)25-17-9-3-10-18-25;2-1-3/h1-3,5-10,13-18,21-22,27H,4,11-12,19-20H2;3H/q+1;/p-1. The number of aromatic nitrogens is 1. The highest BCUT2D eigenvalue weighted by Gasteiger charge is 2.31. The van der Waals surface area contributed by atoms with Crippen LogP contribution in [0, 0.1) is 10.7 Å². The molecule has 1 aromatic heterocycles. The van der Waals surface area contributed by atoms with E-state index >= 15 is 0 Å². The first-order valence-corrected chi connectivity index (χ1v) is 12.0. The molecular formula is C30H28N2S. The van der Waals surface area contributed by atoms with E-state index in [0.29, 0.717) is 6.04 Å². The highest BCUT2D eigenvalue weighted by Crippen LogP contribution is 2.33. The zero-order chi connectivity index (χ0) is 22.9. The van der Waals surface area contributed by atoms with Gasteiger partial charge >= 0.3 is 0 Å². The number of pyridine rings is 1. The maximum atomic E-state index is 7.13. The van der Waals surface area contributed by atoms with Crippen molar-refractivity contribution in [2.75, 3.05) is 0 Å². The quantitative estimate of drug-likeness (QED) is 0.184. The lowest BCUT2D eigenvalue weighted by Crippen LogP contribution is -2.44. The summed E-state index contributed by atoms with van der Waals surface area (Å²) in [6.07, 6.45) is 6.52. The van der Waals surface area contributed by atoms with Gasteiger partial charge in [-0.05, 0) is 48.2 Å². The first kappa shape index (κ1) is 22.7. The minimum Gasteiger partial charge on any atom is -0.696 e. The molecule has 1 saturated carbocycles. The molecule has 164 valence electrons. The molecule has 1 fully saturated rings. The van der Waals surface area contributed by atoms with E-state index in [2.05, 4.69) is 120 Å². The smallest absolute Gasteiger partial charge is 0.213 e. The van der Waals surface area contributed by atoms with E-state index in [4.69, 9.17) is 5.26 Å². The molecule has 3 aromatic carbocycles. The van der Waals surface area contributed by atoms with Crippen LogP contribution in [0.3, 0.4) is 0 Å². The second-order valence-electron chi connectivity index (χ2n) is 8.37. The van der Waals surface area contributed by atoms with Crippen molar-refractivity contribution in [1.82, 2.24) is 0 Å². The van der Waals surface area contributed by atoms with E-state index in [1.807, 2.05) is 0 Å². The van der Waals surface area contributed by atoms with Crippen molar-refractivity contribution >= 4 is 12.6 Å². The van der Waals surface area contributed by atoms with Crippen molar-refractivity contribution in [2.45, 2.75) is 38.1 Å². The van der Waals surface area contributed by atoms with Gasteiger partial charge in [-0.2, -0.15) is 4.57 Å². The molecular weight excluding hydrogens is 420 g/mol. The Morgan fingerprint density at radius 3 is 1.42 bits per heavy atom. The molecule has 33 heavy (non-hydrogen) atoms. The van der Waals surface area contributed by atoms with E-state index in [9.17, 15) is 0 Å². The molecule has 1 heterocycles. The average Bonchev–Trinajstić information content (AvgIpc) is 2.90. The summed E-state index contributed by atoms with van der Waals surface area (Å²) in [4.78, 5) is 0. The Bertz CT molecular complexity index is 1130. The zero-order valence-electron chi connectivity index (χ0n) is 18.7. The zero-order valence-corrected chi connectivity index (χ0v) is 19.5. The van der Waals surface area contributed by atoms with Crippen molar-refractivity contribution in [3.05, 3.63) is 103 Å². The van der Waals surface area contributed by atoms with Crippen molar-refractivity contribution in [1.29, 1.82) is 5.26 Å². The molecule has 0 unspecified atom stereocenters. The number of nitriles is 1. The lowest BCUT2D eigenvalue weighted by Gasteiger charge is -2.22. The third-order valence-electron chi connectivity index (χ3n) is 6.29. The first-order valence-electron chi connectivity index (χ1n) is 11.6. The van der Waals surface area contributed by atoms with Gasteiger partial charge < -0.3 is 12.6 Å². The van der Waals surface area contributed by atoms with Crippen molar-refractivity contribution in [3.8, 4) is 39.0 Å². The second kappa shape index (κ2) is 11.4. The second-order valence-corrected chi connectivity index (χ2v) is 8.55. The minimum atomic E-state index is 0.550. The van der Waals surface area contributed by atoms with Crippen LogP contribution in [0.25, 0.3) is 33.6 Å². The molecule has 0 saturated heterocycles. The topological polar surface area (TPSA) is 27.7 Å². The lowest BCUT2D eigenvalue weighted by atomic mass is 9.92. The highest BCUT2D eigenvalue weighted by atomic mass is 32.1. The van der Waals surface area contributed by atoms with Crippen LogP contribution in [0.4, 0.5) is 0 Å². The molecule has 1 aliphatic rings. The van der Waals surface area contributed by atoms with Crippen molar-refractivity contribution < 1.29 is 4.57 Å². The van der Waals surface area contributed by atoms with Crippen LogP contribution in [-0.4, -0.2) is 0 Å². The Balaban J connectivity index is 0.000000821. The fourth-order valence-corrected chi connectivity index (χ4v) is 4.80. The summed E-state index contributed by atoms with van der Waals surface area (Å²) in [7, 11) is 0. The molecule has 3 heteroatoms. The van der Waals surface area contributed by atoms with Crippen LogP contribution < -0.4 is 4.57 Å². The third kappa shape index (κ3) is 5.48. The molecule has 0 spiro atoms. The fourth-order valence-electron chi connectivity index (χ4n) is 4.80. The van der Waals surface area contributed by atoms with Gasteiger partial charge in [0, 0.05) is 36.1 Å². The number of benzene rings is 3. The largest absolute Gasteiger partial charge is 0.696 e. The number of thiocyanates is 1. The Hall–Kier alpha value is -3.48. The van der Waals surface area contributed by atoms with Crippen molar-refractivity contribution in [2.24, 2.45) is 0 Å². The fraction of sp³-hybridized carbons (Fsp3) is 0.200. The molecule has 0 atom stereocenters. The predicted molar refractivity (Wildman–Crippen MR) is 138 cm³/mol. The molecule has 0 radical (unpaired) electrons. The van der Waals surface area contributed by atoms with Gasteiger partial charge in [-0.25, -0.2) is 5.26 Å². The minimum absolute atomic E-state index is 0.550. The van der Waals surface area contributed by atoms with E-state index in [-0.39, 0.29) is 0 Å². The van der Waals surface area contributed by atoms with Crippen LogP contribution >= 0.6 is 0 Å². The Labute approximate surface area is 202 Å². The summed E-state index contributed by atoms with van der Waals surface area (Å²) in [6.45, 7) is 0. The monoisotopic (exact) mass is 448 g/mol. The first-order chi connectivity index (χ1) is 16.3. The van der Waals surface area contributed by atoms with Crippen LogP contribution in [0.1, 0.15) is 38.1 Å². The van der Waals surface area contributed by atoms with Gasteiger partial charge in [-0.1, -0.05) is 78.6 Å². The van der Waals surface area contributed by atoms with Gasteiger partial charge in [-0.15, -0.1) is 0 Å². The van der Waals surface area contributed by atoms with Gasteiger partial charge in [0.05, 0.1) is 0 Å². The van der Waals surface area contributed by atoms with Crippen LogP contribution in [0.15, 0.2) is 103 Å². The van der Waals surface area contributed by atoms with Crippen LogP contribution in [0.5, 0.6) is 0 Å². The Kier molecular flexibility index (Phi) is 7.85. The Morgan fingerprint density at radius 2 is 1.00 bits per heavy atom. The van der Waals surface area contributed by atoms with Gasteiger partial charge in [-0.3, -0.25) is 0 Å². The lowest BCUT2D eigenvalue weighted by molar-refractivity contribution is -0.705. The predicted octanol–water partition coefficient (Wildman–Crippen LogP) is 7.49. The summed E-state index contributed by atoms with van der Waals surface area (Å²) in [5.74, 6) is 0. The molecule has 5 rings (SSSR count). The molecule has 0 bridgehead atoms. The normalized spacial score (nSPS) is 13.4. The molecule has 0 N–H and O–H groups in total. The Morgan fingerprint density at radius 1 is 0.606 bits per heavy atom. The van der Waals surface area contributed by atoms with Gasteiger partial charge in [0.15, 0.2) is 6.04 Å². The van der Waals surface area contributed by atoms with Crippen LogP contribution in [-0.2, 0) is 12.6 Å². The van der Waals surface area contributed by atoms with E-state index < -0.39 is 0 Å². The maximum absolute atomic E-state index is 7.13. The molecule has 0 amide bonds. The molecule has 4 aromatic rings.